The molecule has 6 rings (SSSR count). The zero-order valence-corrected chi connectivity index (χ0v) is 22.8. The number of fused-ring (bicyclic) bond motifs is 2. The van der Waals surface area contributed by atoms with Gasteiger partial charge in [-0.1, -0.05) is 18.7 Å². The van der Waals surface area contributed by atoms with Crippen LogP contribution in [0.3, 0.4) is 0 Å². The average molecular weight is 528 g/mol. The van der Waals surface area contributed by atoms with Crippen LogP contribution in [-0.2, 0) is 30.7 Å². The number of rotatable bonds is 7. The van der Waals surface area contributed by atoms with Gasteiger partial charge in [0.2, 0.25) is 5.91 Å². The molecule has 9 nitrogen and oxygen atoms in total. The molecule has 1 aromatic heterocycles. The molecule has 4 aliphatic rings. The first-order valence-corrected chi connectivity index (χ1v) is 14.2. The van der Waals surface area contributed by atoms with Crippen LogP contribution in [-0.4, -0.2) is 77.6 Å². The van der Waals surface area contributed by atoms with Gasteiger partial charge in [0.1, 0.15) is 12.4 Å². The Labute approximate surface area is 230 Å². The van der Waals surface area contributed by atoms with Crippen molar-refractivity contribution in [3.8, 4) is 12.1 Å². The maximum Gasteiger partial charge on any atom is 0.318 e. The van der Waals surface area contributed by atoms with Crippen molar-refractivity contribution in [3.63, 3.8) is 0 Å². The molecule has 0 bridgehead atoms. The van der Waals surface area contributed by atoms with Crippen LogP contribution < -0.4 is 14.5 Å². The molecule has 0 spiro atoms. The number of carbonyl (C=O) groups is 1. The smallest absolute Gasteiger partial charge is 0.318 e. The van der Waals surface area contributed by atoms with Crippen molar-refractivity contribution in [2.24, 2.45) is 0 Å². The van der Waals surface area contributed by atoms with Crippen LogP contribution in [0.2, 0.25) is 0 Å². The van der Waals surface area contributed by atoms with Gasteiger partial charge in [-0.05, 0) is 69.0 Å². The number of likely N-dealkylation sites (N-methyl/N-ethyl adjacent to an activating group) is 1. The number of nitrogens with zero attached hydrogens (tertiary/aromatic N) is 7. The molecule has 0 radical (unpaired) electrons. The van der Waals surface area contributed by atoms with E-state index in [4.69, 9.17) is 14.7 Å². The van der Waals surface area contributed by atoms with Crippen LogP contribution in [0.15, 0.2) is 30.9 Å². The van der Waals surface area contributed by atoms with Crippen LogP contribution >= 0.6 is 0 Å². The fourth-order valence-electron chi connectivity index (χ4n) is 6.70. The van der Waals surface area contributed by atoms with Crippen LogP contribution in [0, 0.1) is 11.3 Å². The van der Waals surface area contributed by atoms with E-state index < -0.39 is 0 Å². The number of likely N-dealkylation sites (tertiary alicyclic amines) is 1. The molecule has 2 aromatic rings. The van der Waals surface area contributed by atoms with E-state index in [1.807, 2.05) is 0 Å². The minimum atomic E-state index is -0.216. The fraction of sp³-hybridized carbons (Fsp3) is 0.533. The standard InChI is InChI=1S/C30H37N7O2/c1-3-28(38)37-16-15-35(17-22(37)12-13-31)29-25-18-36(27-11-5-8-21-7-4-10-24(21)27)19-26(25)32-30(33-29)39-20-23-9-6-14-34(23)2/h3,5,8,11,22-23H,1,4,6-7,9-10,12,14-20H2,2H3. The van der Waals surface area contributed by atoms with E-state index in [9.17, 15) is 10.1 Å². The molecule has 0 saturated carbocycles. The van der Waals surface area contributed by atoms with Crippen LogP contribution in [0.4, 0.5) is 11.5 Å². The molecule has 9 heteroatoms. The number of hydrogen-bond donors (Lipinski definition) is 0. The summed E-state index contributed by atoms with van der Waals surface area (Å²) in [5.41, 5.74) is 6.35. The molecule has 3 aliphatic heterocycles. The molecule has 2 fully saturated rings. The van der Waals surface area contributed by atoms with E-state index in [1.165, 1.54) is 35.7 Å². The van der Waals surface area contributed by atoms with Crippen molar-refractivity contribution in [1.82, 2.24) is 19.8 Å². The highest BCUT2D eigenvalue weighted by molar-refractivity contribution is 5.87. The lowest BCUT2D eigenvalue weighted by Gasteiger charge is -2.41. The SMILES string of the molecule is C=CC(=O)N1CCN(c2nc(OCC3CCCN3C)nc3c2CN(c2cccc4c2CCC4)C3)CC1CC#N. The predicted octanol–water partition coefficient (Wildman–Crippen LogP) is 3.08. The molecule has 39 heavy (non-hydrogen) atoms. The molecular formula is C30H37N7O2. The molecule has 204 valence electrons. The summed E-state index contributed by atoms with van der Waals surface area (Å²) in [4.78, 5) is 31.2. The fourth-order valence-corrected chi connectivity index (χ4v) is 6.70. The van der Waals surface area contributed by atoms with Crippen LogP contribution in [0.1, 0.15) is 48.1 Å². The first-order valence-electron chi connectivity index (χ1n) is 14.2. The summed E-state index contributed by atoms with van der Waals surface area (Å²) in [6.07, 6.45) is 7.39. The Bertz CT molecular complexity index is 1300. The highest BCUT2D eigenvalue weighted by atomic mass is 16.5. The van der Waals surface area contributed by atoms with Crippen LogP contribution in [0.5, 0.6) is 6.01 Å². The topological polar surface area (TPSA) is 88.8 Å². The third-order valence-electron chi connectivity index (χ3n) is 8.85. The number of ether oxygens (including phenoxy) is 1. The van der Waals surface area contributed by atoms with Gasteiger partial charge in [0.05, 0.1) is 30.8 Å². The minimum absolute atomic E-state index is 0.128. The van der Waals surface area contributed by atoms with E-state index in [0.29, 0.717) is 38.3 Å². The lowest BCUT2D eigenvalue weighted by Crippen LogP contribution is -2.55. The molecule has 2 unspecified atom stereocenters. The molecular weight excluding hydrogens is 490 g/mol. The lowest BCUT2D eigenvalue weighted by molar-refractivity contribution is -0.128. The Balaban J connectivity index is 1.31. The Morgan fingerprint density at radius 1 is 1.13 bits per heavy atom. The van der Waals surface area contributed by atoms with E-state index in [2.05, 4.69) is 52.6 Å². The van der Waals surface area contributed by atoms with Crippen molar-refractivity contribution >= 4 is 17.4 Å². The zero-order chi connectivity index (χ0) is 26.9. The maximum absolute atomic E-state index is 12.5. The van der Waals surface area contributed by atoms with Gasteiger partial charge < -0.3 is 24.3 Å². The Kier molecular flexibility index (Phi) is 7.13. The largest absolute Gasteiger partial charge is 0.462 e. The average Bonchev–Trinajstić information content (AvgIpc) is 3.70. The van der Waals surface area contributed by atoms with Crippen molar-refractivity contribution < 1.29 is 9.53 Å². The number of amides is 1. The van der Waals surface area contributed by atoms with Crippen LogP contribution in [0.25, 0.3) is 0 Å². The van der Waals surface area contributed by atoms with Gasteiger partial charge in [0.25, 0.3) is 0 Å². The maximum atomic E-state index is 12.5. The number of benzene rings is 1. The zero-order valence-electron chi connectivity index (χ0n) is 22.8. The molecule has 1 aliphatic carbocycles. The molecule has 1 aromatic carbocycles. The van der Waals surface area contributed by atoms with Gasteiger partial charge in [0, 0.05) is 43.5 Å². The quantitative estimate of drug-likeness (QED) is 0.508. The van der Waals surface area contributed by atoms with E-state index in [0.717, 1.165) is 56.0 Å². The second-order valence-corrected chi connectivity index (χ2v) is 11.2. The minimum Gasteiger partial charge on any atom is -0.462 e. The monoisotopic (exact) mass is 527 g/mol. The summed E-state index contributed by atoms with van der Waals surface area (Å²) in [5, 5.41) is 9.49. The Morgan fingerprint density at radius 2 is 2.03 bits per heavy atom. The van der Waals surface area contributed by atoms with Gasteiger partial charge in [0.15, 0.2) is 0 Å². The summed E-state index contributed by atoms with van der Waals surface area (Å²) < 4.78 is 6.24. The summed E-state index contributed by atoms with van der Waals surface area (Å²) in [6.45, 7) is 8.48. The number of anilines is 2. The first-order chi connectivity index (χ1) is 19.1. The van der Waals surface area contributed by atoms with Gasteiger partial charge >= 0.3 is 6.01 Å². The molecule has 2 atom stereocenters. The van der Waals surface area contributed by atoms with Crippen molar-refractivity contribution in [3.05, 3.63) is 53.2 Å². The van der Waals surface area contributed by atoms with Gasteiger partial charge in [-0.3, -0.25) is 4.79 Å². The molecule has 2 saturated heterocycles. The number of hydrogen-bond acceptors (Lipinski definition) is 8. The highest BCUT2D eigenvalue weighted by Crippen LogP contribution is 2.39. The number of carbonyl (C=O) groups excluding carboxylic acids is 1. The Hall–Kier alpha value is -3.64. The molecule has 1 amide bonds. The normalized spacial score (nSPS) is 22.5. The number of aryl methyl sites for hydroxylation is 1. The predicted molar refractivity (Wildman–Crippen MR) is 150 cm³/mol. The summed E-state index contributed by atoms with van der Waals surface area (Å²) in [7, 11) is 2.14. The summed E-state index contributed by atoms with van der Waals surface area (Å²) in [6, 6.07) is 9.51. The number of aromatic nitrogens is 2. The second-order valence-electron chi connectivity index (χ2n) is 11.2. The first kappa shape index (κ1) is 25.6. The second kappa shape index (κ2) is 10.9. The third-order valence-corrected chi connectivity index (χ3v) is 8.85. The molecule has 0 N–H and O–H groups in total. The number of piperazine rings is 1. The van der Waals surface area contributed by atoms with Gasteiger partial charge in [-0.2, -0.15) is 15.2 Å². The summed E-state index contributed by atoms with van der Waals surface area (Å²) >= 11 is 0. The lowest BCUT2D eigenvalue weighted by atomic mass is 10.1. The molecule has 4 heterocycles. The van der Waals surface area contributed by atoms with Crippen molar-refractivity contribution in [1.29, 1.82) is 5.26 Å². The van der Waals surface area contributed by atoms with Crippen molar-refractivity contribution in [2.75, 3.05) is 49.6 Å². The van der Waals surface area contributed by atoms with Gasteiger partial charge in [-0.15, -0.1) is 0 Å². The van der Waals surface area contributed by atoms with E-state index in [-0.39, 0.29) is 18.4 Å². The van der Waals surface area contributed by atoms with Crippen molar-refractivity contribution in [2.45, 2.75) is 63.7 Å². The van der Waals surface area contributed by atoms with Gasteiger partial charge in [-0.25, -0.2) is 0 Å². The third kappa shape index (κ3) is 4.94. The Morgan fingerprint density at radius 3 is 2.82 bits per heavy atom. The van der Waals surface area contributed by atoms with E-state index >= 15 is 0 Å². The highest BCUT2D eigenvalue weighted by Gasteiger charge is 2.35. The number of nitriles is 1. The van der Waals surface area contributed by atoms with E-state index in [1.54, 1.807) is 4.90 Å². The summed E-state index contributed by atoms with van der Waals surface area (Å²) in [5.74, 6) is 0.745.